The molecule has 0 radical (unpaired) electrons. The molecule has 1 aliphatic carbocycles. The highest BCUT2D eigenvalue weighted by molar-refractivity contribution is 5.85. The first-order valence-corrected chi connectivity index (χ1v) is 3.61. The summed E-state index contributed by atoms with van der Waals surface area (Å²) in [7, 11) is 1.34. The van der Waals surface area contributed by atoms with Gasteiger partial charge < -0.3 is 15.6 Å². The van der Waals surface area contributed by atoms with Crippen molar-refractivity contribution in [3.8, 4) is 0 Å². The maximum absolute atomic E-state index is 11.1. The predicted molar refractivity (Wildman–Crippen MR) is 46.0 cm³/mol. The molecule has 0 aromatic carbocycles. The molecule has 1 saturated carbocycles. The standard InChI is InChI=1S/C7H13NO3.ClH/c1-11-6(10)7(4-8)2-5(9)3-7;/h5,9H,2-4,8H2,1H3;1H. The number of hydrogen-bond donors (Lipinski definition) is 2. The number of carbonyl (C=O) groups excluding carboxylic acids is 1. The lowest BCUT2D eigenvalue weighted by Gasteiger charge is -2.41. The van der Waals surface area contributed by atoms with E-state index in [1.54, 1.807) is 0 Å². The summed E-state index contributed by atoms with van der Waals surface area (Å²) in [6, 6.07) is 0. The highest BCUT2D eigenvalue weighted by atomic mass is 35.5. The third-order valence-corrected chi connectivity index (χ3v) is 2.26. The van der Waals surface area contributed by atoms with E-state index in [2.05, 4.69) is 4.74 Å². The lowest BCUT2D eigenvalue weighted by molar-refractivity contribution is -0.165. The van der Waals surface area contributed by atoms with Crippen molar-refractivity contribution in [3.05, 3.63) is 0 Å². The number of carbonyl (C=O) groups is 1. The van der Waals surface area contributed by atoms with Crippen LogP contribution in [-0.4, -0.2) is 30.8 Å². The Kier molecular flexibility index (Phi) is 3.96. The molecule has 0 aliphatic heterocycles. The largest absolute Gasteiger partial charge is 0.469 e. The van der Waals surface area contributed by atoms with Gasteiger partial charge in [0.25, 0.3) is 0 Å². The van der Waals surface area contributed by atoms with Crippen LogP contribution in [0.3, 0.4) is 0 Å². The second kappa shape index (κ2) is 4.07. The molecule has 5 heteroatoms. The van der Waals surface area contributed by atoms with Gasteiger partial charge in [-0.3, -0.25) is 4.79 Å². The number of rotatable bonds is 2. The molecular weight excluding hydrogens is 182 g/mol. The maximum atomic E-state index is 11.1. The summed E-state index contributed by atoms with van der Waals surface area (Å²) >= 11 is 0. The number of ether oxygens (including phenoxy) is 1. The SMILES string of the molecule is COC(=O)C1(CN)CC(O)C1.Cl. The third kappa shape index (κ3) is 1.71. The Balaban J connectivity index is 0.00000121. The predicted octanol–water partition coefficient (Wildman–Crippen LogP) is -0.319. The minimum Gasteiger partial charge on any atom is -0.469 e. The Labute approximate surface area is 77.5 Å². The first-order chi connectivity index (χ1) is 5.14. The van der Waals surface area contributed by atoms with Gasteiger partial charge in [0.2, 0.25) is 0 Å². The normalized spacial score (nSPS) is 33.1. The summed E-state index contributed by atoms with van der Waals surface area (Å²) in [5.74, 6) is -0.301. The van der Waals surface area contributed by atoms with Gasteiger partial charge in [0.15, 0.2) is 0 Å². The number of nitrogens with two attached hydrogens (primary N) is 1. The van der Waals surface area contributed by atoms with E-state index in [1.807, 2.05) is 0 Å². The van der Waals surface area contributed by atoms with Crippen LogP contribution >= 0.6 is 12.4 Å². The van der Waals surface area contributed by atoms with Gasteiger partial charge in [0.05, 0.1) is 18.6 Å². The average Bonchev–Trinajstić information content (AvgIpc) is 1.96. The quantitative estimate of drug-likeness (QED) is 0.593. The molecule has 0 saturated heterocycles. The zero-order valence-electron chi connectivity index (χ0n) is 6.95. The zero-order chi connectivity index (χ0) is 8.48. The Bertz CT molecular complexity index is 168. The maximum Gasteiger partial charge on any atom is 0.313 e. The lowest BCUT2D eigenvalue weighted by Crippen LogP contribution is -2.52. The Morgan fingerprint density at radius 3 is 2.50 bits per heavy atom. The summed E-state index contributed by atoms with van der Waals surface area (Å²) in [5, 5.41) is 9.00. The average molecular weight is 196 g/mol. The van der Waals surface area contributed by atoms with Crippen molar-refractivity contribution in [2.75, 3.05) is 13.7 Å². The summed E-state index contributed by atoms with van der Waals surface area (Å²) in [6.45, 7) is 0.261. The molecule has 1 fully saturated rings. The van der Waals surface area contributed by atoms with E-state index in [0.29, 0.717) is 12.8 Å². The lowest BCUT2D eigenvalue weighted by atomic mass is 9.67. The van der Waals surface area contributed by atoms with E-state index in [1.165, 1.54) is 7.11 Å². The van der Waals surface area contributed by atoms with E-state index >= 15 is 0 Å². The van der Waals surface area contributed by atoms with Crippen molar-refractivity contribution in [2.45, 2.75) is 18.9 Å². The van der Waals surface area contributed by atoms with Crippen molar-refractivity contribution in [3.63, 3.8) is 0 Å². The minimum atomic E-state index is -0.589. The summed E-state index contributed by atoms with van der Waals surface area (Å²) in [4.78, 5) is 11.1. The van der Waals surface area contributed by atoms with Crippen LogP contribution in [0, 0.1) is 5.41 Å². The third-order valence-electron chi connectivity index (χ3n) is 2.26. The molecule has 3 N–H and O–H groups in total. The Morgan fingerprint density at radius 2 is 2.25 bits per heavy atom. The molecule has 1 rings (SSSR count). The van der Waals surface area contributed by atoms with Gasteiger partial charge in [-0.1, -0.05) is 0 Å². The van der Waals surface area contributed by atoms with Crippen molar-refractivity contribution in [2.24, 2.45) is 11.1 Å². The van der Waals surface area contributed by atoms with Crippen LogP contribution in [0.2, 0.25) is 0 Å². The first kappa shape index (κ1) is 11.7. The van der Waals surface area contributed by atoms with Crippen LogP contribution in [0.4, 0.5) is 0 Å². The van der Waals surface area contributed by atoms with Crippen LogP contribution < -0.4 is 5.73 Å². The monoisotopic (exact) mass is 195 g/mol. The van der Waals surface area contributed by atoms with Gasteiger partial charge in [-0.05, 0) is 12.8 Å². The van der Waals surface area contributed by atoms with Gasteiger partial charge in [-0.2, -0.15) is 0 Å². The van der Waals surface area contributed by atoms with E-state index in [0.717, 1.165) is 0 Å². The molecule has 0 atom stereocenters. The number of aliphatic hydroxyl groups excluding tert-OH is 1. The Morgan fingerprint density at radius 1 is 1.75 bits per heavy atom. The topological polar surface area (TPSA) is 72.5 Å². The summed E-state index contributed by atoms with van der Waals surface area (Å²) in [6.07, 6.45) is 0.504. The first-order valence-electron chi connectivity index (χ1n) is 3.61. The molecule has 72 valence electrons. The second-order valence-corrected chi connectivity index (χ2v) is 3.04. The highest BCUT2D eigenvalue weighted by Crippen LogP contribution is 2.41. The van der Waals surface area contributed by atoms with Crippen LogP contribution in [0.15, 0.2) is 0 Å². The number of aliphatic hydroxyl groups is 1. The molecule has 0 spiro atoms. The van der Waals surface area contributed by atoms with E-state index < -0.39 is 5.41 Å². The van der Waals surface area contributed by atoms with E-state index in [-0.39, 0.29) is 31.0 Å². The number of esters is 1. The smallest absolute Gasteiger partial charge is 0.313 e. The van der Waals surface area contributed by atoms with Crippen LogP contribution in [-0.2, 0) is 9.53 Å². The molecule has 0 amide bonds. The number of methoxy groups -OCH3 is 1. The molecule has 0 heterocycles. The van der Waals surface area contributed by atoms with Crippen molar-refractivity contribution < 1.29 is 14.6 Å². The molecule has 0 bridgehead atoms. The van der Waals surface area contributed by atoms with Gasteiger partial charge >= 0.3 is 5.97 Å². The fraction of sp³-hybridized carbons (Fsp3) is 0.857. The van der Waals surface area contributed by atoms with E-state index in [9.17, 15) is 4.79 Å². The second-order valence-electron chi connectivity index (χ2n) is 3.04. The van der Waals surface area contributed by atoms with Crippen molar-refractivity contribution >= 4 is 18.4 Å². The zero-order valence-corrected chi connectivity index (χ0v) is 7.76. The van der Waals surface area contributed by atoms with Gasteiger partial charge in [-0.15, -0.1) is 12.4 Å². The minimum absolute atomic E-state index is 0. The van der Waals surface area contributed by atoms with Crippen molar-refractivity contribution in [1.29, 1.82) is 0 Å². The van der Waals surface area contributed by atoms with Gasteiger partial charge in [-0.25, -0.2) is 0 Å². The van der Waals surface area contributed by atoms with Crippen LogP contribution in [0.25, 0.3) is 0 Å². The molecule has 12 heavy (non-hydrogen) atoms. The summed E-state index contributed by atoms with van der Waals surface area (Å²) < 4.78 is 4.57. The molecule has 0 unspecified atom stereocenters. The van der Waals surface area contributed by atoms with Crippen LogP contribution in [0.5, 0.6) is 0 Å². The fourth-order valence-electron chi connectivity index (χ4n) is 1.48. The van der Waals surface area contributed by atoms with E-state index in [4.69, 9.17) is 10.8 Å². The molecule has 4 nitrogen and oxygen atoms in total. The summed E-state index contributed by atoms with van der Waals surface area (Å²) in [5.41, 5.74) is 4.81. The molecule has 1 aliphatic rings. The molecular formula is C7H14ClNO3. The van der Waals surface area contributed by atoms with Gasteiger partial charge in [0, 0.05) is 6.54 Å². The van der Waals surface area contributed by atoms with Crippen LogP contribution in [0.1, 0.15) is 12.8 Å². The molecule has 0 aromatic rings. The number of hydrogen-bond acceptors (Lipinski definition) is 4. The highest BCUT2D eigenvalue weighted by Gasteiger charge is 2.49. The Hall–Kier alpha value is -0.320. The molecule has 0 aromatic heterocycles. The van der Waals surface area contributed by atoms with Crippen molar-refractivity contribution in [1.82, 2.24) is 0 Å². The van der Waals surface area contributed by atoms with Gasteiger partial charge in [0.1, 0.15) is 0 Å². The number of halogens is 1. The fourth-order valence-corrected chi connectivity index (χ4v) is 1.48.